The zero-order chi connectivity index (χ0) is 22.3. The van der Waals surface area contributed by atoms with E-state index in [1.807, 2.05) is 36.5 Å². The lowest BCUT2D eigenvalue weighted by molar-refractivity contribution is 0.463. The molecular weight excluding hydrogens is 412 g/mol. The quantitative estimate of drug-likeness (QED) is 0.419. The van der Waals surface area contributed by atoms with E-state index in [-0.39, 0.29) is 0 Å². The van der Waals surface area contributed by atoms with Crippen molar-refractivity contribution in [3.05, 3.63) is 90.6 Å². The van der Waals surface area contributed by atoms with Crippen molar-refractivity contribution in [1.29, 1.82) is 0 Å². The Balaban J connectivity index is 1.36. The number of nitrogens with zero attached hydrogens (tertiary/aromatic N) is 4. The van der Waals surface area contributed by atoms with Crippen LogP contribution in [0.4, 0.5) is 5.69 Å². The fraction of sp³-hybridized carbons (Fsp3) is 0.231. The van der Waals surface area contributed by atoms with E-state index >= 15 is 0 Å². The Kier molecular flexibility index (Phi) is 6.49. The first-order chi connectivity index (χ1) is 16.3. The monoisotopic (exact) mass is 438 g/mol. The van der Waals surface area contributed by atoms with E-state index in [0.717, 1.165) is 42.9 Å². The van der Waals surface area contributed by atoms with E-state index in [4.69, 9.17) is 9.72 Å². The molecule has 0 spiro atoms. The number of ether oxygens (including phenoxy) is 1. The lowest BCUT2D eigenvalue weighted by Gasteiger charge is -2.16. The van der Waals surface area contributed by atoms with Gasteiger partial charge in [0.15, 0.2) is 5.82 Å². The molecule has 1 fully saturated rings. The summed E-state index contributed by atoms with van der Waals surface area (Å²) in [4.78, 5) is 17.6. The van der Waals surface area contributed by atoms with E-state index in [1.54, 1.807) is 24.8 Å². The lowest BCUT2D eigenvalue weighted by Crippen LogP contribution is -2.29. The van der Waals surface area contributed by atoms with Crippen molar-refractivity contribution in [3.8, 4) is 23.0 Å². The second-order valence-corrected chi connectivity index (χ2v) is 8.11. The number of nitrogens with one attached hydrogen (secondary N) is 2. The zero-order valence-corrected chi connectivity index (χ0v) is 18.3. The first-order valence-electron chi connectivity index (χ1n) is 11.2. The topological polar surface area (TPSA) is 84.9 Å². The second-order valence-electron chi connectivity index (χ2n) is 8.11. The molecule has 5 rings (SSSR count). The van der Waals surface area contributed by atoms with Gasteiger partial charge in [-0.15, -0.1) is 0 Å². The highest BCUT2D eigenvalue weighted by molar-refractivity contribution is 5.60. The summed E-state index contributed by atoms with van der Waals surface area (Å²) in [7, 11) is 0. The molecule has 2 N–H and O–H groups in total. The fourth-order valence-electron chi connectivity index (χ4n) is 3.89. The van der Waals surface area contributed by atoms with Gasteiger partial charge < -0.3 is 15.4 Å². The third-order valence-corrected chi connectivity index (χ3v) is 5.64. The maximum absolute atomic E-state index is 6.23. The molecule has 3 aromatic heterocycles. The van der Waals surface area contributed by atoms with Gasteiger partial charge in [0.25, 0.3) is 0 Å². The van der Waals surface area contributed by atoms with Crippen LogP contribution in [-0.2, 0) is 6.42 Å². The number of aromatic nitrogens is 4. The van der Waals surface area contributed by atoms with Gasteiger partial charge in [-0.05, 0) is 67.3 Å². The Morgan fingerprint density at radius 3 is 2.52 bits per heavy atom. The third-order valence-electron chi connectivity index (χ3n) is 5.64. The van der Waals surface area contributed by atoms with Crippen LogP contribution in [0.25, 0.3) is 11.4 Å². The molecule has 7 nitrogen and oxygen atoms in total. The van der Waals surface area contributed by atoms with Gasteiger partial charge in [0.05, 0.1) is 6.20 Å². The van der Waals surface area contributed by atoms with Crippen molar-refractivity contribution < 1.29 is 4.74 Å². The SMILES string of the molecule is c1cncc(Cc2ccc(Oc3nc(-c4cccnc4)ncc3NC[C@@H]3CCCN3)cc2)c1. The summed E-state index contributed by atoms with van der Waals surface area (Å²) in [6.07, 6.45) is 12.2. The molecule has 0 bridgehead atoms. The number of hydrogen-bond acceptors (Lipinski definition) is 7. The first-order valence-corrected chi connectivity index (χ1v) is 11.2. The van der Waals surface area contributed by atoms with Gasteiger partial charge in [-0.3, -0.25) is 9.97 Å². The Bertz CT molecular complexity index is 1160. The minimum atomic E-state index is 0.447. The average Bonchev–Trinajstić information content (AvgIpc) is 3.39. The molecule has 1 aliphatic heterocycles. The van der Waals surface area contributed by atoms with Crippen molar-refractivity contribution >= 4 is 5.69 Å². The predicted molar refractivity (Wildman–Crippen MR) is 128 cm³/mol. The number of anilines is 1. The molecule has 0 amide bonds. The Morgan fingerprint density at radius 2 is 1.79 bits per heavy atom. The summed E-state index contributed by atoms with van der Waals surface area (Å²) < 4.78 is 6.23. The molecule has 7 heteroatoms. The highest BCUT2D eigenvalue weighted by Crippen LogP contribution is 2.30. The molecule has 0 saturated carbocycles. The minimum Gasteiger partial charge on any atom is -0.437 e. The molecule has 4 heterocycles. The van der Waals surface area contributed by atoms with E-state index in [9.17, 15) is 0 Å². The minimum absolute atomic E-state index is 0.447. The van der Waals surface area contributed by atoms with Crippen molar-refractivity contribution in [2.24, 2.45) is 0 Å². The molecule has 166 valence electrons. The lowest BCUT2D eigenvalue weighted by atomic mass is 10.1. The van der Waals surface area contributed by atoms with Crippen LogP contribution in [0.3, 0.4) is 0 Å². The Labute approximate surface area is 193 Å². The van der Waals surface area contributed by atoms with Crippen LogP contribution in [0.5, 0.6) is 11.6 Å². The van der Waals surface area contributed by atoms with Crippen LogP contribution in [0.15, 0.2) is 79.5 Å². The van der Waals surface area contributed by atoms with Crippen LogP contribution in [0.1, 0.15) is 24.0 Å². The smallest absolute Gasteiger partial charge is 0.246 e. The summed E-state index contributed by atoms with van der Waals surface area (Å²) in [6.45, 7) is 1.87. The van der Waals surface area contributed by atoms with Crippen LogP contribution < -0.4 is 15.4 Å². The number of rotatable bonds is 8. The van der Waals surface area contributed by atoms with Gasteiger partial charge in [-0.1, -0.05) is 18.2 Å². The van der Waals surface area contributed by atoms with E-state index in [2.05, 4.69) is 43.8 Å². The standard InChI is InChI=1S/C26H26N6O/c1-4-20(15-27-11-1)14-19-7-9-23(10-8-19)33-26-24(30-17-22-6-3-13-29-22)18-31-25(32-26)21-5-2-12-28-16-21/h1-2,4-5,7-12,15-16,18,22,29-30H,3,6,13-14,17H2/t22-/m0/s1. The predicted octanol–water partition coefficient (Wildman–Crippen LogP) is 4.48. The first kappa shape index (κ1) is 21.0. The highest BCUT2D eigenvalue weighted by Gasteiger charge is 2.16. The molecule has 1 atom stereocenters. The van der Waals surface area contributed by atoms with Gasteiger partial charge >= 0.3 is 0 Å². The summed E-state index contributed by atoms with van der Waals surface area (Å²) in [6, 6.07) is 16.4. The van der Waals surface area contributed by atoms with Crippen LogP contribution in [0.2, 0.25) is 0 Å². The van der Waals surface area contributed by atoms with Crippen molar-refractivity contribution in [3.63, 3.8) is 0 Å². The van der Waals surface area contributed by atoms with Gasteiger partial charge in [-0.2, -0.15) is 4.98 Å². The molecule has 0 unspecified atom stereocenters. The van der Waals surface area contributed by atoms with Gasteiger partial charge in [-0.25, -0.2) is 4.98 Å². The maximum Gasteiger partial charge on any atom is 0.246 e. The highest BCUT2D eigenvalue weighted by atomic mass is 16.5. The number of hydrogen-bond donors (Lipinski definition) is 2. The molecule has 4 aromatic rings. The van der Waals surface area contributed by atoms with Crippen LogP contribution in [-0.4, -0.2) is 39.1 Å². The molecule has 33 heavy (non-hydrogen) atoms. The average molecular weight is 439 g/mol. The molecule has 0 radical (unpaired) electrons. The normalized spacial score (nSPS) is 15.3. The summed E-state index contributed by atoms with van der Waals surface area (Å²) in [5.74, 6) is 1.81. The molecule has 0 aliphatic carbocycles. The van der Waals surface area contributed by atoms with Gasteiger partial charge in [0.1, 0.15) is 11.4 Å². The summed E-state index contributed by atoms with van der Waals surface area (Å²) >= 11 is 0. The molecule has 1 saturated heterocycles. The summed E-state index contributed by atoms with van der Waals surface area (Å²) in [5.41, 5.74) is 3.99. The van der Waals surface area contributed by atoms with Crippen molar-refractivity contribution in [1.82, 2.24) is 25.3 Å². The van der Waals surface area contributed by atoms with E-state index < -0.39 is 0 Å². The summed E-state index contributed by atoms with van der Waals surface area (Å²) in [5, 5.41) is 6.97. The van der Waals surface area contributed by atoms with Gasteiger partial charge in [0, 0.05) is 42.9 Å². The third kappa shape index (κ3) is 5.51. The molecule has 1 aliphatic rings. The number of benzene rings is 1. The fourth-order valence-corrected chi connectivity index (χ4v) is 3.89. The van der Waals surface area contributed by atoms with Crippen LogP contribution in [0, 0.1) is 0 Å². The zero-order valence-electron chi connectivity index (χ0n) is 18.3. The molecule has 1 aromatic carbocycles. The molecular formula is C26H26N6O. The Morgan fingerprint density at radius 1 is 0.939 bits per heavy atom. The van der Waals surface area contributed by atoms with E-state index in [1.165, 1.54) is 17.5 Å². The second kappa shape index (κ2) is 10.2. The van der Waals surface area contributed by atoms with Crippen molar-refractivity contribution in [2.45, 2.75) is 25.3 Å². The maximum atomic E-state index is 6.23. The van der Waals surface area contributed by atoms with Gasteiger partial charge in [0.2, 0.25) is 5.88 Å². The van der Waals surface area contributed by atoms with Crippen molar-refractivity contribution in [2.75, 3.05) is 18.4 Å². The number of pyridine rings is 2. The Hall–Kier alpha value is -3.84. The van der Waals surface area contributed by atoms with Crippen LogP contribution >= 0.6 is 0 Å². The largest absolute Gasteiger partial charge is 0.437 e. The van der Waals surface area contributed by atoms with E-state index in [0.29, 0.717) is 17.7 Å².